The molecule has 0 unspecified atom stereocenters. The van der Waals surface area contributed by atoms with Crippen molar-refractivity contribution in [1.29, 1.82) is 0 Å². The molecule has 1 aliphatic heterocycles. The Labute approximate surface area is 169 Å². The van der Waals surface area contributed by atoms with Crippen molar-refractivity contribution in [1.82, 2.24) is 14.9 Å². The van der Waals surface area contributed by atoms with Gasteiger partial charge in [0.2, 0.25) is 0 Å². The minimum Gasteiger partial charge on any atom is -0.298 e. The lowest BCUT2D eigenvalue weighted by molar-refractivity contribution is 0.266. The van der Waals surface area contributed by atoms with E-state index in [1.807, 2.05) is 11.3 Å². The first-order valence-electron chi connectivity index (χ1n) is 10.2. The molecule has 1 N–H and O–H groups in total. The van der Waals surface area contributed by atoms with E-state index in [1.165, 1.54) is 46.4 Å². The SMILES string of the molecule is c1ccc(CN2CCC(=NNc3ncnc4sc5c(c34)CCCC5)CC2)cc1. The van der Waals surface area contributed by atoms with Gasteiger partial charge in [0.25, 0.3) is 0 Å². The number of rotatable bonds is 4. The highest BCUT2D eigenvalue weighted by Gasteiger charge is 2.20. The van der Waals surface area contributed by atoms with Gasteiger partial charge in [0.1, 0.15) is 11.2 Å². The maximum atomic E-state index is 4.73. The van der Waals surface area contributed by atoms with Gasteiger partial charge in [0, 0.05) is 43.1 Å². The number of hydrogen-bond donors (Lipinski definition) is 1. The Kier molecular flexibility index (Phi) is 5.06. The van der Waals surface area contributed by atoms with Crippen molar-refractivity contribution in [2.24, 2.45) is 5.10 Å². The first-order valence-corrected chi connectivity index (χ1v) is 11.0. The highest BCUT2D eigenvalue weighted by molar-refractivity contribution is 7.19. The summed E-state index contributed by atoms with van der Waals surface area (Å²) in [5.74, 6) is 0.878. The van der Waals surface area contributed by atoms with Gasteiger partial charge in [-0.05, 0) is 36.8 Å². The van der Waals surface area contributed by atoms with Gasteiger partial charge in [-0.25, -0.2) is 9.97 Å². The Morgan fingerprint density at radius 2 is 1.82 bits per heavy atom. The minimum atomic E-state index is 0.878. The Balaban J connectivity index is 1.27. The van der Waals surface area contributed by atoms with Gasteiger partial charge in [-0.15, -0.1) is 11.3 Å². The molecule has 1 aromatic carbocycles. The summed E-state index contributed by atoms with van der Waals surface area (Å²) in [5.41, 5.74) is 7.35. The van der Waals surface area contributed by atoms with Crippen LogP contribution in [-0.2, 0) is 19.4 Å². The van der Waals surface area contributed by atoms with Crippen molar-refractivity contribution in [3.63, 3.8) is 0 Å². The summed E-state index contributed by atoms with van der Waals surface area (Å²) in [6.45, 7) is 3.14. The van der Waals surface area contributed by atoms with Crippen LogP contribution in [0.5, 0.6) is 0 Å². The van der Waals surface area contributed by atoms with Crippen LogP contribution in [0.4, 0.5) is 5.82 Å². The van der Waals surface area contributed by atoms with Crippen molar-refractivity contribution in [3.05, 3.63) is 52.7 Å². The Morgan fingerprint density at radius 3 is 2.68 bits per heavy atom. The molecule has 0 amide bonds. The second-order valence-corrected chi connectivity index (χ2v) is 8.75. The molecule has 3 heterocycles. The number of benzene rings is 1. The smallest absolute Gasteiger partial charge is 0.158 e. The molecule has 5 rings (SSSR count). The second-order valence-electron chi connectivity index (χ2n) is 7.66. The second kappa shape index (κ2) is 7.97. The fourth-order valence-electron chi connectivity index (χ4n) is 4.23. The first kappa shape index (κ1) is 17.8. The molecule has 0 atom stereocenters. The number of anilines is 1. The summed E-state index contributed by atoms with van der Waals surface area (Å²) in [6.07, 6.45) is 8.56. The summed E-state index contributed by atoms with van der Waals surface area (Å²) in [4.78, 5) is 14.1. The first-order chi connectivity index (χ1) is 13.9. The van der Waals surface area contributed by atoms with Gasteiger partial charge < -0.3 is 0 Å². The number of likely N-dealkylation sites (tertiary alicyclic amines) is 1. The van der Waals surface area contributed by atoms with Crippen LogP contribution in [0.15, 0.2) is 41.8 Å². The zero-order chi connectivity index (χ0) is 18.8. The lowest BCUT2D eigenvalue weighted by atomic mass is 9.97. The number of aromatic nitrogens is 2. The molecule has 5 nitrogen and oxygen atoms in total. The molecular weight excluding hydrogens is 366 g/mol. The van der Waals surface area contributed by atoms with Gasteiger partial charge in [0.15, 0.2) is 5.82 Å². The van der Waals surface area contributed by atoms with Crippen LogP contribution in [0.2, 0.25) is 0 Å². The van der Waals surface area contributed by atoms with Crippen LogP contribution in [0.25, 0.3) is 10.2 Å². The average Bonchev–Trinajstić information content (AvgIpc) is 3.13. The summed E-state index contributed by atoms with van der Waals surface area (Å²) in [6, 6.07) is 10.7. The number of nitrogens with one attached hydrogen (secondary N) is 1. The van der Waals surface area contributed by atoms with Gasteiger partial charge in [-0.3, -0.25) is 10.3 Å². The van der Waals surface area contributed by atoms with Crippen LogP contribution in [0, 0.1) is 0 Å². The van der Waals surface area contributed by atoms with E-state index in [0.29, 0.717) is 0 Å². The fourth-order valence-corrected chi connectivity index (χ4v) is 5.46. The standard InChI is InChI=1S/C22H25N5S/c1-2-6-16(7-3-1)14-27-12-10-17(11-13-27)25-26-21-20-18-8-4-5-9-19(18)28-22(20)24-15-23-21/h1-3,6-7,15H,4-5,8-14H2,(H,23,24,26). The molecule has 0 spiro atoms. The van der Waals surface area contributed by atoms with E-state index in [1.54, 1.807) is 6.33 Å². The number of piperidine rings is 1. The maximum absolute atomic E-state index is 4.73. The zero-order valence-corrected chi connectivity index (χ0v) is 16.8. The van der Waals surface area contributed by atoms with E-state index in [9.17, 15) is 0 Å². The summed E-state index contributed by atoms with van der Waals surface area (Å²) >= 11 is 1.83. The molecule has 6 heteroatoms. The third-order valence-electron chi connectivity index (χ3n) is 5.75. The van der Waals surface area contributed by atoms with Crippen LogP contribution in [0.1, 0.15) is 41.7 Å². The predicted octanol–water partition coefficient (Wildman–Crippen LogP) is 4.63. The highest BCUT2D eigenvalue weighted by Crippen LogP contribution is 2.38. The highest BCUT2D eigenvalue weighted by atomic mass is 32.1. The van der Waals surface area contributed by atoms with E-state index >= 15 is 0 Å². The molecule has 0 bridgehead atoms. The van der Waals surface area contributed by atoms with Gasteiger partial charge in [-0.1, -0.05) is 30.3 Å². The van der Waals surface area contributed by atoms with Crippen LogP contribution < -0.4 is 5.43 Å². The van der Waals surface area contributed by atoms with Crippen molar-refractivity contribution >= 4 is 33.1 Å². The fraction of sp³-hybridized carbons (Fsp3) is 0.409. The lowest BCUT2D eigenvalue weighted by Gasteiger charge is -2.27. The van der Waals surface area contributed by atoms with Gasteiger partial charge in [0.05, 0.1) is 5.39 Å². The van der Waals surface area contributed by atoms with Gasteiger partial charge >= 0.3 is 0 Å². The van der Waals surface area contributed by atoms with Crippen molar-refractivity contribution in [2.75, 3.05) is 18.5 Å². The molecule has 1 fully saturated rings. The zero-order valence-electron chi connectivity index (χ0n) is 16.0. The summed E-state index contributed by atoms with van der Waals surface area (Å²) < 4.78 is 0. The molecule has 3 aromatic rings. The largest absolute Gasteiger partial charge is 0.298 e. The van der Waals surface area contributed by atoms with Crippen LogP contribution in [-0.4, -0.2) is 33.7 Å². The molecule has 1 aliphatic carbocycles. The van der Waals surface area contributed by atoms with Crippen molar-refractivity contribution < 1.29 is 0 Å². The number of nitrogens with zero attached hydrogens (tertiary/aromatic N) is 4. The van der Waals surface area contributed by atoms with Crippen molar-refractivity contribution in [3.8, 4) is 0 Å². The van der Waals surface area contributed by atoms with Crippen LogP contribution >= 0.6 is 11.3 Å². The number of hydrogen-bond acceptors (Lipinski definition) is 6. The van der Waals surface area contributed by atoms with E-state index < -0.39 is 0 Å². The molecule has 1 saturated heterocycles. The number of fused-ring (bicyclic) bond motifs is 3. The number of hydrazone groups is 1. The Morgan fingerprint density at radius 1 is 1.00 bits per heavy atom. The topological polar surface area (TPSA) is 53.4 Å². The Bertz CT molecular complexity index is 985. The molecule has 0 saturated carbocycles. The summed E-state index contributed by atoms with van der Waals surface area (Å²) in [5, 5.41) is 5.93. The van der Waals surface area contributed by atoms with E-state index in [0.717, 1.165) is 49.5 Å². The lowest BCUT2D eigenvalue weighted by Crippen LogP contribution is -2.33. The van der Waals surface area contributed by atoms with Crippen molar-refractivity contribution in [2.45, 2.75) is 45.1 Å². The predicted molar refractivity (Wildman–Crippen MR) is 116 cm³/mol. The third-order valence-corrected chi connectivity index (χ3v) is 6.95. The van der Waals surface area contributed by atoms with Crippen LogP contribution in [0.3, 0.4) is 0 Å². The normalized spacial score (nSPS) is 17.5. The molecule has 144 valence electrons. The third kappa shape index (κ3) is 3.66. The molecular formula is C22H25N5S. The Hall–Kier alpha value is -2.31. The van der Waals surface area contributed by atoms with Gasteiger partial charge in [-0.2, -0.15) is 5.10 Å². The molecule has 0 radical (unpaired) electrons. The molecule has 2 aromatic heterocycles. The average molecular weight is 392 g/mol. The maximum Gasteiger partial charge on any atom is 0.158 e. The molecule has 28 heavy (non-hydrogen) atoms. The van der Waals surface area contributed by atoms with E-state index in [2.05, 4.69) is 50.6 Å². The number of aryl methyl sites for hydroxylation is 2. The van der Waals surface area contributed by atoms with E-state index in [4.69, 9.17) is 5.10 Å². The van der Waals surface area contributed by atoms with E-state index in [-0.39, 0.29) is 0 Å². The minimum absolute atomic E-state index is 0.878. The monoisotopic (exact) mass is 391 g/mol. The number of thiophene rings is 1. The quantitative estimate of drug-likeness (QED) is 0.659. The molecule has 2 aliphatic rings. The summed E-state index contributed by atoms with van der Waals surface area (Å²) in [7, 11) is 0.